The minimum absolute atomic E-state index is 0.624. The van der Waals surface area contributed by atoms with Gasteiger partial charge in [-0.15, -0.1) is 10.2 Å². The highest BCUT2D eigenvalue weighted by Crippen LogP contribution is 2.20. The van der Waals surface area contributed by atoms with Crippen molar-refractivity contribution < 1.29 is 4.74 Å². The molecule has 0 saturated carbocycles. The summed E-state index contributed by atoms with van der Waals surface area (Å²) >= 11 is 0. The van der Waals surface area contributed by atoms with Crippen LogP contribution < -0.4 is 4.74 Å². The molecule has 0 atom stereocenters. The Hall–Kier alpha value is -2.49. The number of hydrogen-bond acceptors (Lipinski definition) is 4. The zero-order valence-corrected chi connectivity index (χ0v) is 10.8. The van der Waals surface area contributed by atoms with E-state index in [0.717, 1.165) is 27.9 Å². The molecule has 2 aromatic carbocycles. The fourth-order valence-corrected chi connectivity index (χ4v) is 1.91. The van der Waals surface area contributed by atoms with Gasteiger partial charge in [-0.3, -0.25) is 0 Å². The van der Waals surface area contributed by atoms with Crippen LogP contribution >= 0.6 is 0 Å². The van der Waals surface area contributed by atoms with Gasteiger partial charge in [0.1, 0.15) is 11.3 Å². The first kappa shape index (κ1) is 11.6. The highest BCUT2D eigenvalue weighted by Gasteiger charge is 2.05. The average molecular weight is 251 g/mol. The van der Waals surface area contributed by atoms with Gasteiger partial charge >= 0.3 is 0 Å². The van der Waals surface area contributed by atoms with Gasteiger partial charge in [-0.1, -0.05) is 6.07 Å². The third-order valence-electron chi connectivity index (χ3n) is 2.96. The van der Waals surface area contributed by atoms with E-state index in [2.05, 4.69) is 15.2 Å². The van der Waals surface area contributed by atoms with Crippen molar-refractivity contribution in [1.29, 1.82) is 0 Å². The van der Waals surface area contributed by atoms with Gasteiger partial charge in [0.25, 0.3) is 0 Å². The van der Waals surface area contributed by atoms with Crippen LogP contribution in [-0.2, 0) is 0 Å². The molecule has 0 aliphatic carbocycles. The molecule has 0 aliphatic rings. The van der Waals surface area contributed by atoms with Crippen molar-refractivity contribution in [2.45, 2.75) is 6.92 Å². The number of nitrogens with zero attached hydrogens (tertiary/aromatic N) is 3. The zero-order valence-electron chi connectivity index (χ0n) is 10.8. The maximum Gasteiger partial charge on any atom is 0.182 e. The summed E-state index contributed by atoms with van der Waals surface area (Å²) in [6.45, 7) is 2.03. The van der Waals surface area contributed by atoms with Gasteiger partial charge < -0.3 is 4.74 Å². The lowest BCUT2D eigenvalue weighted by atomic mass is 10.2. The standard InChI is InChI=1S/C15H13N3O/c1-10-3-8-13-14(9-10)17-18-15(16-13)11-4-6-12(19-2)7-5-11/h3-9H,1-2H3. The molecule has 0 amide bonds. The molecule has 94 valence electrons. The van der Waals surface area contributed by atoms with Crippen LogP contribution in [0.1, 0.15) is 5.56 Å². The number of aromatic nitrogens is 3. The molecule has 0 N–H and O–H groups in total. The SMILES string of the molecule is COc1ccc(-c2nnc3cc(C)ccc3n2)cc1. The van der Waals surface area contributed by atoms with Crippen molar-refractivity contribution in [2.24, 2.45) is 0 Å². The summed E-state index contributed by atoms with van der Waals surface area (Å²) in [6.07, 6.45) is 0. The van der Waals surface area contributed by atoms with Crippen LogP contribution in [0.3, 0.4) is 0 Å². The normalized spacial score (nSPS) is 10.6. The molecule has 0 bridgehead atoms. The van der Waals surface area contributed by atoms with E-state index in [9.17, 15) is 0 Å². The van der Waals surface area contributed by atoms with Crippen LogP contribution in [0.2, 0.25) is 0 Å². The summed E-state index contributed by atoms with van der Waals surface area (Å²) in [4.78, 5) is 4.53. The molecule has 0 fully saturated rings. The number of fused-ring (bicyclic) bond motifs is 1. The number of hydrogen-bond donors (Lipinski definition) is 0. The largest absolute Gasteiger partial charge is 0.497 e. The van der Waals surface area contributed by atoms with Crippen molar-refractivity contribution in [3.63, 3.8) is 0 Å². The minimum atomic E-state index is 0.624. The highest BCUT2D eigenvalue weighted by atomic mass is 16.5. The molecule has 0 radical (unpaired) electrons. The molecule has 3 aromatic rings. The smallest absolute Gasteiger partial charge is 0.182 e. The van der Waals surface area contributed by atoms with Gasteiger partial charge in [0.15, 0.2) is 5.82 Å². The predicted octanol–water partition coefficient (Wildman–Crippen LogP) is 3.01. The van der Waals surface area contributed by atoms with E-state index in [1.54, 1.807) is 7.11 Å². The molecule has 1 heterocycles. The van der Waals surface area contributed by atoms with Crippen molar-refractivity contribution in [1.82, 2.24) is 15.2 Å². The van der Waals surface area contributed by atoms with Crippen LogP contribution in [0.15, 0.2) is 42.5 Å². The first-order chi connectivity index (χ1) is 9.26. The van der Waals surface area contributed by atoms with Gasteiger partial charge in [-0.2, -0.15) is 0 Å². The Balaban J connectivity index is 2.06. The van der Waals surface area contributed by atoms with E-state index < -0.39 is 0 Å². The van der Waals surface area contributed by atoms with E-state index in [0.29, 0.717) is 5.82 Å². The number of rotatable bonds is 2. The molecule has 19 heavy (non-hydrogen) atoms. The molecule has 0 unspecified atom stereocenters. The average Bonchev–Trinajstić information content (AvgIpc) is 2.47. The summed E-state index contributed by atoms with van der Waals surface area (Å²) in [5.74, 6) is 1.44. The Labute approximate surface area is 111 Å². The van der Waals surface area contributed by atoms with Crippen LogP contribution in [0.5, 0.6) is 5.75 Å². The lowest BCUT2D eigenvalue weighted by molar-refractivity contribution is 0.415. The van der Waals surface area contributed by atoms with E-state index in [-0.39, 0.29) is 0 Å². The maximum absolute atomic E-state index is 5.13. The Morgan fingerprint density at radius 3 is 2.42 bits per heavy atom. The minimum Gasteiger partial charge on any atom is -0.497 e. The lowest BCUT2D eigenvalue weighted by Gasteiger charge is -2.03. The van der Waals surface area contributed by atoms with Crippen LogP contribution in [-0.4, -0.2) is 22.3 Å². The third kappa shape index (κ3) is 2.25. The fraction of sp³-hybridized carbons (Fsp3) is 0.133. The number of methoxy groups -OCH3 is 1. The summed E-state index contributed by atoms with van der Waals surface area (Å²) in [5.41, 5.74) is 3.75. The third-order valence-corrected chi connectivity index (χ3v) is 2.96. The van der Waals surface area contributed by atoms with Crippen molar-refractivity contribution in [3.8, 4) is 17.1 Å². The van der Waals surface area contributed by atoms with Gasteiger partial charge in [0, 0.05) is 5.56 Å². The summed E-state index contributed by atoms with van der Waals surface area (Å²) < 4.78 is 5.13. The second-order valence-electron chi connectivity index (χ2n) is 4.36. The molecule has 0 saturated heterocycles. The molecular formula is C15H13N3O. The van der Waals surface area contributed by atoms with Crippen LogP contribution in [0.4, 0.5) is 0 Å². The van der Waals surface area contributed by atoms with Crippen LogP contribution in [0.25, 0.3) is 22.4 Å². The lowest BCUT2D eigenvalue weighted by Crippen LogP contribution is -1.94. The van der Waals surface area contributed by atoms with E-state index in [4.69, 9.17) is 4.74 Å². The first-order valence-electron chi connectivity index (χ1n) is 6.02. The summed E-state index contributed by atoms with van der Waals surface area (Å²) in [7, 11) is 1.64. The Bertz CT molecular complexity index is 723. The second-order valence-corrected chi connectivity index (χ2v) is 4.36. The van der Waals surface area contributed by atoms with Crippen LogP contribution in [0, 0.1) is 6.92 Å². The van der Waals surface area contributed by atoms with E-state index in [1.807, 2.05) is 49.4 Å². The Morgan fingerprint density at radius 1 is 0.895 bits per heavy atom. The van der Waals surface area contributed by atoms with Crippen molar-refractivity contribution in [2.75, 3.05) is 7.11 Å². The van der Waals surface area contributed by atoms with Crippen molar-refractivity contribution >= 4 is 11.0 Å². The molecule has 4 nitrogen and oxygen atoms in total. The Kier molecular flexibility index (Phi) is 2.83. The molecular weight excluding hydrogens is 238 g/mol. The number of benzene rings is 2. The van der Waals surface area contributed by atoms with Gasteiger partial charge in [0.05, 0.1) is 12.6 Å². The van der Waals surface area contributed by atoms with Gasteiger partial charge in [-0.05, 0) is 48.9 Å². The first-order valence-corrected chi connectivity index (χ1v) is 6.02. The predicted molar refractivity (Wildman–Crippen MR) is 74.1 cm³/mol. The molecule has 1 aromatic heterocycles. The van der Waals surface area contributed by atoms with E-state index >= 15 is 0 Å². The Morgan fingerprint density at radius 2 is 1.68 bits per heavy atom. The highest BCUT2D eigenvalue weighted by molar-refractivity contribution is 5.76. The molecule has 3 rings (SSSR count). The summed E-state index contributed by atoms with van der Waals surface area (Å²) in [5, 5.41) is 8.39. The maximum atomic E-state index is 5.13. The number of aryl methyl sites for hydroxylation is 1. The van der Waals surface area contributed by atoms with E-state index in [1.165, 1.54) is 0 Å². The topological polar surface area (TPSA) is 47.9 Å². The van der Waals surface area contributed by atoms with Gasteiger partial charge in [-0.25, -0.2) is 4.98 Å². The summed E-state index contributed by atoms with van der Waals surface area (Å²) in [6, 6.07) is 13.6. The number of ether oxygens (including phenoxy) is 1. The second kappa shape index (κ2) is 4.65. The van der Waals surface area contributed by atoms with Gasteiger partial charge in [0.2, 0.25) is 0 Å². The molecule has 0 spiro atoms. The monoisotopic (exact) mass is 251 g/mol. The zero-order chi connectivity index (χ0) is 13.2. The fourth-order valence-electron chi connectivity index (χ4n) is 1.91. The molecule has 4 heteroatoms. The van der Waals surface area contributed by atoms with Crippen molar-refractivity contribution in [3.05, 3.63) is 48.0 Å². The molecule has 0 aliphatic heterocycles. The quantitative estimate of drug-likeness (QED) is 0.702.